The number of nitriles is 1. The van der Waals surface area contributed by atoms with Crippen molar-refractivity contribution in [3.63, 3.8) is 0 Å². The first-order valence-corrected chi connectivity index (χ1v) is 10.5. The van der Waals surface area contributed by atoms with Gasteiger partial charge in [0.05, 0.1) is 17.7 Å². The monoisotopic (exact) mass is 495 g/mol. The number of aryl methyl sites for hydroxylation is 1. The Balaban J connectivity index is 2.07. The van der Waals surface area contributed by atoms with Crippen LogP contribution in [0.2, 0.25) is 0 Å². The molecule has 2 aromatic rings. The van der Waals surface area contributed by atoms with Crippen LogP contribution in [-0.4, -0.2) is 64.6 Å². The first-order chi connectivity index (χ1) is 17.1. The highest BCUT2D eigenvalue weighted by atomic mass is 16.6. The molecular formula is C23H21N5O8. The van der Waals surface area contributed by atoms with E-state index in [4.69, 9.17) is 30.8 Å². The third-order valence-electron chi connectivity index (χ3n) is 5.04. The highest BCUT2D eigenvalue weighted by Gasteiger charge is 2.30. The Kier molecular flexibility index (Phi) is 7.70. The van der Waals surface area contributed by atoms with Crippen molar-refractivity contribution in [2.75, 3.05) is 25.0 Å². The fraction of sp³-hybridized carbons (Fsp3) is 0.217. The van der Waals surface area contributed by atoms with Crippen LogP contribution in [0.25, 0.3) is 0 Å². The van der Waals surface area contributed by atoms with E-state index in [1.165, 1.54) is 24.3 Å². The third-order valence-corrected chi connectivity index (χ3v) is 5.04. The highest BCUT2D eigenvalue weighted by molar-refractivity contribution is 6.03. The van der Waals surface area contributed by atoms with Crippen LogP contribution < -0.4 is 20.5 Å². The molecule has 13 nitrogen and oxygen atoms in total. The summed E-state index contributed by atoms with van der Waals surface area (Å²) < 4.78 is 11.2. The largest absolute Gasteiger partial charge is 0.489 e. The maximum atomic E-state index is 13.2. The van der Waals surface area contributed by atoms with Gasteiger partial charge in [-0.1, -0.05) is 0 Å². The zero-order valence-corrected chi connectivity index (χ0v) is 18.7. The summed E-state index contributed by atoms with van der Waals surface area (Å²) in [6.45, 7) is -1.87. The number of nitrogens with two attached hydrogens (primary N) is 1. The number of carbonyl (C=O) groups is 4. The summed E-state index contributed by atoms with van der Waals surface area (Å²) >= 11 is 0. The fourth-order valence-electron chi connectivity index (χ4n) is 3.60. The summed E-state index contributed by atoms with van der Waals surface area (Å²) in [6.07, 6.45) is 0.709. The number of rotatable bonds is 6. The lowest BCUT2D eigenvalue weighted by molar-refractivity contribution is -0.140. The highest BCUT2D eigenvalue weighted by Crippen LogP contribution is 2.36. The Morgan fingerprint density at radius 3 is 2.47 bits per heavy atom. The van der Waals surface area contributed by atoms with E-state index in [1.54, 1.807) is 12.1 Å². The molecule has 0 saturated heterocycles. The summed E-state index contributed by atoms with van der Waals surface area (Å²) in [5, 5.41) is 37.8. The molecule has 36 heavy (non-hydrogen) atoms. The molecule has 0 fully saturated rings. The van der Waals surface area contributed by atoms with Crippen molar-refractivity contribution in [2.45, 2.75) is 12.8 Å². The lowest BCUT2D eigenvalue weighted by atomic mass is 10.0. The first kappa shape index (κ1) is 25.5. The van der Waals surface area contributed by atoms with Gasteiger partial charge in [0.15, 0.2) is 17.5 Å². The number of hydrogen-bond donors (Lipinski definition) is 5. The van der Waals surface area contributed by atoms with Crippen molar-refractivity contribution in [3.8, 4) is 17.6 Å². The van der Waals surface area contributed by atoms with E-state index in [0.29, 0.717) is 29.0 Å². The maximum Gasteiger partial charge on any atom is 0.343 e. The molecule has 0 aliphatic carbocycles. The molecule has 0 saturated carbocycles. The molecule has 1 heterocycles. The molecule has 1 aliphatic rings. The van der Waals surface area contributed by atoms with Crippen molar-refractivity contribution in [3.05, 3.63) is 52.6 Å². The Hall–Kier alpha value is -5.12. The second kappa shape index (κ2) is 10.9. The topological polar surface area (TPSA) is 216 Å². The quantitative estimate of drug-likeness (QED) is 0.165. The van der Waals surface area contributed by atoms with Gasteiger partial charge < -0.3 is 35.6 Å². The van der Waals surface area contributed by atoms with E-state index in [9.17, 15) is 24.4 Å². The molecule has 0 unspecified atom stereocenters. The van der Waals surface area contributed by atoms with E-state index < -0.39 is 42.5 Å². The molecular weight excluding hydrogens is 474 g/mol. The number of fused-ring (bicyclic) bond motifs is 2. The number of nitrogens with one attached hydrogen (secondary N) is 2. The standard InChI is InChI=1S/C23H21N5O8/c24-9-13-3-6-16-20(19(13)21(33)28(10-17(29)30)11-18(31)32)35-7-1-2-12-8-14(27-23(25)26)4-5-15(12)22(34)36-16/h3-6,8H,1-2,7,10-11H2,(H,29,30)(H,31,32)(H4,25,26,27). The summed E-state index contributed by atoms with van der Waals surface area (Å²) in [7, 11) is 0. The van der Waals surface area contributed by atoms with Crippen LogP contribution in [0.5, 0.6) is 11.5 Å². The lowest BCUT2D eigenvalue weighted by Crippen LogP contribution is -2.40. The Bertz CT molecular complexity index is 1280. The predicted molar refractivity (Wildman–Crippen MR) is 123 cm³/mol. The molecule has 186 valence electrons. The molecule has 0 radical (unpaired) electrons. The zero-order chi connectivity index (χ0) is 26.4. The number of anilines is 1. The molecule has 0 atom stereocenters. The first-order valence-electron chi connectivity index (χ1n) is 10.5. The van der Waals surface area contributed by atoms with E-state index in [0.717, 1.165) is 0 Å². The van der Waals surface area contributed by atoms with E-state index in [-0.39, 0.29) is 35.2 Å². The SMILES string of the molecule is N#Cc1ccc2c(c1C(=O)N(CC(=O)O)CC(=O)O)OCCCc1cc(NC(=N)N)ccc1C(=O)O2. The fourth-order valence-corrected chi connectivity index (χ4v) is 3.60. The summed E-state index contributed by atoms with van der Waals surface area (Å²) in [4.78, 5) is 49.2. The van der Waals surface area contributed by atoms with Crippen molar-refractivity contribution in [2.24, 2.45) is 5.73 Å². The van der Waals surface area contributed by atoms with Crippen molar-refractivity contribution >= 4 is 35.5 Å². The number of guanidine groups is 1. The number of amides is 1. The molecule has 1 amide bonds. The molecule has 6 N–H and O–H groups in total. The smallest absolute Gasteiger partial charge is 0.343 e. The molecule has 13 heteroatoms. The minimum absolute atomic E-state index is 0.0153. The average molecular weight is 495 g/mol. The second-order valence-corrected chi connectivity index (χ2v) is 7.63. The van der Waals surface area contributed by atoms with Crippen molar-refractivity contribution in [1.29, 1.82) is 10.7 Å². The van der Waals surface area contributed by atoms with Crippen molar-refractivity contribution < 1.29 is 38.9 Å². The van der Waals surface area contributed by atoms with Crippen molar-refractivity contribution in [1.82, 2.24) is 4.90 Å². The normalized spacial score (nSPS) is 12.5. The van der Waals surface area contributed by atoms with Gasteiger partial charge in [-0.2, -0.15) is 5.26 Å². The number of carboxylic acid groups (broad SMARTS) is 2. The van der Waals surface area contributed by atoms with Crippen LogP contribution in [0.3, 0.4) is 0 Å². The number of hydrogen-bond acceptors (Lipinski definition) is 8. The van der Waals surface area contributed by atoms with E-state index in [1.807, 2.05) is 0 Å². The Morgan fingerprint density at radius 1 is 1.17 bits per heavy atom. The van der Waals surface area contributed by atoms with Gasteiger partial charge in [0.1, 0.15) is 24.7 Å². The van der Waals surface area contributed by atoms with Gasteiger partial charge in [0, 0.05) is 5.69 Å². The van der Waals surface area contributed by atoms with Crippen LogP contribution in [0.4, 0.5) is 5.69 Å². The summed E-state index contributed by atoms with van der Waals surface area (Å²) in [5.41, 5.74) is 6.04. The molecule has 0 bridgehead atoms. The number of aliphatic carboxylic acids is 2. The van der Waals surface area contributed by atoms with Crippen LogP contribution >= 0.6 is 0 Å². The van der Waals surface area contributed by atoms with Gasteiger partial charge in [0.2, 0.25) is 0 Å². The zero-order valence-electron chi connectivity index (χ0n) is 18.7. The van der Waals surface area contributed by atoms with Gasteiger partial charge in [-0.05, 0) is 48.7 Å². The number of ether oxygens (including phenoxy) is 2. The van der Waals surface area contributed by atoms with E-state index >= 15 is 0 Å². The van der Waals surface area contributed by atoms with E-state index in [2.05, 4.69) is 5.32 Å². The van der Waals surface area contributed by atoms with Crippen LogP contribution in [-0.2, 0) is 16.0 Å². The molecule has 3 rings (SSSR count). The molecule has 2 aromatic carbocycles. The van der Waals surface area contributed by atoms with Crippen LogP contribution in [0.15, 0.2) is 30.3 Å². The van der Waals surface area contributed by atoms with Crippen LogP contribution in [0.1, 0.15) is 38.3 Å². The van der Waals surface area contributed by atoms with Gasteiger partial charge >= 0.3 is 17.9 Å². The number of esters is 1. The Morgan fingerprint density at radius 2 is 1.86 bits per heavy atom. The molecule has 1 aliphatic heterocycles. The van der Waals surface area contributed by atoms with Gasteiger partial charge in [-0.3, -0.25) is 19.8 Å². The number of benzene rings is 2. The van der Waals surface area contributed by atoms with Gasteiger partial charge in [-0.15, -0.1) is 0 Å². The molecule has 0 aromatic heterocycles. The van der Waals surface area contributed by atoms with Crippen LogP contribution in [0, 0.1) is 16.7 Å². The number of carboxylic acids is 2. The average Bonchev–Trinajstić information content (AvgIpc) is 2.80. The third kappa shape index (κ3) is 5.86. The Labute approximate surface area is 204 Å². The minimum Gasteiger partial charge on any atom is -0.489 e. The summed E-state index contributed by atoms with van der Waals surface area (Å²) in [6, 6.07) is 8.92. The lowest BCUT2D eigenvalue weighted by Gasteiger charge is -2.23. The molecule has 0 spiro atoms. The number of nitrogens with zero attached hydrogens (tertiary/aromatic N) is 2. The number of carbonyl (C=O) groups excluding carboxylic acids is 2. The van der Waals surface area contributed by atoms with Gasteiger partial charge in [-0.25, -0.2) is 4.79 Å². The maximum absolute atomic E-state index is 13.2. The van der Waals surface area contributed by atoms with Gasteiger partial charge in [0.25, 0.3) is 5.91 Å². The summed E-state index contributed by atoms with van der Waals surface area (Å²) in [5.74, 6) is -5.54. The second-order valence-electron chi connectivity index (χ2n) is 7.63. The predicted octanol–water partition coefficient (Wildman–Crippen LogP) is 1.02. The minimum atomic E-state index is -1.46.